The zero-order chi connectivity index (χ0) is 18.7. The highest BCUT2D eigenvalue weighted by molar-refractivity contribution is 14.1. The second kappa shape index (κ2) is 7.87. The van der Waals surface area contributed by atoms with Crippen molar-refractivity contribution in [1.82, 2.24) is 10.2 Å². The molecule has 1 heterocycles. The fraction of sp³-hybridized carbons (Fsp3) is 0.0588. The molecule has 0 atom stereocenters. The number of benzene rings is 2. The van der Waals surface area contributed by atoms with Crippen LogP contribution in [0.25, 0.3) is 0 Å². The maximum atomic E-state index is 12.3. The fourth-order valence-electron chi connectivity index (χ4n) is 2.19. The van der Waals surface area contributed by atoms with Crippen molar-refractivity contribution in [1.29, 1.82) is 0 Å². The minimum atomic E-state index is -0.477. The molecule has 2 aromatic carbocycles. The second-order valence-corrected chi connectivity index (χ2v) is 7.74. The average Bonchev–Trinajstić information content (AvgIpc) is 3.03. The van der Waals surface area contributed by atoms with Crippen molar-refractivity contribution in [2.24, 2.45) is 0 Å². The first-order valence-electron chi connectivity index (χ1n) is 7.46. The van der Waals surface area contributed by atoms with Crippen molar-refractivity contribution in [3.8, 4) is 0 Å². The van der Waals surface area contributed by atoms with Crippen LogP contribution in [-0.2, 0) is 0 Å². The third kappa shape index (κ3) is 4.41. The Morgan fingerprint density at radius 3 is 2.58 bits per heavy atom. The number of anilines is 1. The third-order valence-corrected chi connectivity index (χ3v) is 5.23. The van der Waals surface area contributed by atoms with Gasteiger partial charge in [0.15, 0.2) is 0 Å². The van der Waals surface area contributed by atoms with E-state index in [1.165, 1.54) is 30.1 Å². The van der Waals surface area contributed by atoms with Crippen molar-refractivity contribution in [2.75, 3.05) is 5.32 Å². The predicted octanol–water partition coefficient (Wildman–Crippen LogP) is 4.63. The first-order chi connectivity index (χ1) is 12.4. The predicted molar refractivity (Wildman–Crippen MR) is 108 cm³/mol. The Balaban J connectivity index is 1.88. The van der Waals surface area contributed by atoms with Gasteiger partial charge in [0.05, 0.1) is 14.7 Å². The molecule has 0 radical (unpaired) electrons. The van der Waals surface area contributed by atoms with Crippen LogP contribution in [0.4, 0.5) is 11.4 Å². The largest absolute Gasteiger partial charge is 0.320 e. The van der Waals surface area contributed by atoms with Gasteiger partial charge in [-0.05, 0) is 47.7 Å². The van der Waals surface area contributed by atoms with E-state index in [4.69, 9.17) is 0 Å². The lowest BCUT2D eigenvalue weighted by Crippen LogP contribution is -2.14. The van der Waals surface area contributed by atoms with Gasteiger partial charge >= 0.3 is 0 Å². The molecule has 0 aliphatic heterocycles. The molecule has 26 heavy (non-hydrogen) atoms. The van der Waals surface area contributed by atoms with Gasteiger partial charge in [-0.15, -0.1) is 0 Å². The Morgan fingerprint density at radius 1 is 1.23 bits per heavy atom. The van der Waals surface area contributed by atoms with Crippen molar-refractivity contribution >= 4 is 51.6 Å². The number of carbonyl (C=O) groups excluding carboxylic acids is 1. The zero-order valence-corrected chi connectivity index (χ0v) is 16.5. The Hall–Kier alpha value is -2.40. The number of halogens is 1. The number of carbonyl (C=O) groups is 1. The summed E-state index contributed by atoms with van der Waals surface area (Å²) >= 11 is 3.38. The number of nitro groups is 1. The van der Waals surface area contributed by atoms with E-state index in [9.17, 15) is 14.9 Å². The SMILES string of the molecule is Cc1ccc(Sc2cc(NC(=O)c3[nH]ncc3I)cc([N+](=O)[O-])c2)cc1. The van der Waals surface area contributed by atoms with E-state index >= 15 is 0 Å². The number of hydrogen-bond donors (Lipinski definition) is 2. The topological polar surface area (TPSA) is 101 Å². The van der Waals surface area contributed by atoms with Gasteiger partial charge < -0.3 is 5.32 Å². The van der Waals surface area contributed by atoms with E-state index in [1.54, 1.807) is 6.07 Å². The van der Waals surface area contributed by atoms with Crippen molar-refractivity contribution in [3.63, 3.8) is 0 Å². The summed E-state index contributed by atoms with van der Waals surface area (Å²) in [4.78, 5) is 24.7. The molecule has 0 fully saturated rings. The molecule has 2 N–H and O–H groups in total. The van der Waals surface area contributed by atoms with E-state index in [1.807, 2.05) is 53.8 Å². The maximum Gasteiger partial charge on any atom is 0.274 e. The smallest absolute Gasteiger partial charge is 0.274 e. The summed E-state index contributed by atoms with van der Waals surface area (Å²) < 4.78 is 0.666. The first-order valence-corrected chi connectivity index (χ1v) is 9.36. The van der Waals surface area contributed by atoms with Crippen LogP contribution in [0.1, 0.15) is 16.1 Å². The van der Waals surface area contributed by atoms with Crippen LogP contribution in [0.3, 0.4) is 0 Å². The minimum Gasteiger partial charge on any atom is -0.320 e. The van der Waals surface area contributed by atoms with Gasteiger partial charge in [-0.25, -0.2) is 0 Å². The Kier molecular flexibility index (Phi) is 5.57. The molecule has 0 aliphatic rings. The van der Waals surface area contributed by atoms with Crippen LogP contribution in [0.5, 0.6) is 0 Å². The van der Waals surface area contributed by atoms with Crippen molar-refractivity contribution in [3.05, 3.63) is 73.6 Å². The van der Waals surface area contributed by atoms with E-state index in [0.29, 0.717) is 19.8 Å². The molecule has 0 spiro atoms. The van der Waals surface area contributed by atoms with E-state index in [-0.39, 0.29) is 5.69 Å². The molecule has 0 saturated heterocycles. The number of aromatic amines is 1. The second-order valence-electron chi connectivity index (χ2n) is 5.43. The Morgan fingerprint density at radius 2 is 1.96 bits per heavy atom. The number of H-pyrrole nitrogens is 1. The molecular weight excluding hydrogens is 467 g/mol. The van der Waals surface area contributed by atoms with Crippen LogP contribution in [0, 0.1) is 20.6 Å². The molecule has 3 rings (SSSR count). The number of nitro benzene ring substituents is 1. The number of rotatable bonds is 5. The molecule has 0 saturated carbocycles. The van der Waals surface area contributed by atoms with Gasteiger partial charge in [-0.3, -0.25) is 20.0 Å². The van der Waals surface area contributed by atoms with E-state index in [0.717, 1.165) is 10.5 Å². The van der Waals surface area contributed by atoms with Crippen LogP contribution >= 0.6 is 34.4 Å². The quantitative estimate of drug-likeness (QED) is 0.315. The van der Waals surface area contributed by atoms with Crippen LogP contribution in [-0.4, -0.2) is 21.0 Å². The van der Waals surface area contributed by atoms with Gasteiger partial charge in [0.25, 0.3) is 11.6 Å². The first kappa shape index (κ1) is 18.4. The number of aryl methyl sites for hydroxylation is 1. The lowest BCUT2D eigenvalue weighted by Gasteiger charge is -2.08. The molecule has 132 valence electrons. The summed E-state index contributed by atoms with van der Waals surface area (Å²) in [7, 11) is 0. The average molecular weight is 480 g/mol. The summed E-state index contributed by atoms with van der Waals surface area (Å²) in [6.45, 7) is 1.99. The normalized spacial score (nSPS) is 10.5. The maximum absolute atomic E-state index is 12.3. The van der Waals surface area contributed by atoms with E-state index in [2.05, 4.69) is 15.5 Å². The molecular formula is C17H13IN4O3S. The minimum absolute atomic E-state index is 0.0864. The van der Waals surface area contributed by atoms with Crippen molar-refractivity contribution in [2.45, 2.75) is 16.7 Å². The molecule has 0 unspecified atom stereocenters. The van der Waals surface area contributed by atoms with Crippen LogP contribution < -0.4 is 5.32 Å². The summed E-state index contributed by atoms with van der Waals surface area (Å²) in [5, 5.41) is 20.3. The number of nitrogens with one attached hydrogen (secondary N) is 2. The number of non-ortho nitro benzene ring substituents is 1. The Bertz CT molecular complexity index is 972. The zero-order valence-electron chi connectivity index (χ0n) is 13.5. The van der Waals surface area contributed by atoms with Crippen LogP contribution in [0.2, 0.25) is 0 Å². The van der Waals surface area contributed by atoms with Crippen LogP contribution in [0.15, 0.2) is 58.5 Å². The summed E-state index contributed by atoms with van der Waals surface area (Å²) in [6.07, 6.45) is 1.53. The Labute approximate surface area is 166 Å². The summed E-state index contributed by atoms with van der Waals surface area (Å²) in [5.41, 5.74) is 1.71. The summed E-state index contributed by atoms with van der Waals surface area (Å²) in [6, 6.07) is 12.4. The molecule has 7 nitrogen and oxygen atoms in total. The lowest BCUT2D eigenvalue weighted by molar-refractivity contribution is -0.385. The van der Waals surface area contributed by atoms with Gasteiger partial charge in [0.1, 0.15) is 5.69 Å². The highest BCUT2D eigenvalue weighted by atomic mass is 127. The molecule has 1 amide bonds. The summed E-state index contributed by atoms with van der Waals surface area (Å²) in [5.74, 6) is -0.404. The highest BCUT2D eigenvalue weighted by Gasteiger charge is 2.16. The van der Waals surface area contributed by atoms with Crippen molar-refractivity contribution < 1.29 is 9.72 Å². The highest BCUT2D eigenvalue weighted by Crippen LogP contribution is 2.33. The van der Waals surface area contributed by atoms with E-state index < -0.39 is 10.8 Å². The lowest BCUT2D eigenvalue weighted by atomic mass is 10.2. The number of nitrogens with zero attached hydrogens (tertiary/aromatic N) is 2. The number of amides is 1. The fourth-order valence-corrected chi connectivity index (χ4v) is 3.60. The van der Waals surface area contributed by atoms with Gasteiger partial charge in [-0.2, -0.15) is 5.10 Å². The number of hydrogen-bond acceptors (Lipinski definition) is 5. The third-order valence-electron chi connectivity index (χ3n) is 3.44. The molecule has 1 aromatic heterocycles. The molecule has 0 aliphatic carbocycles. The molecule has 0 bridgehead atoms. The molecule has 9 heteroatoms. The monoisotopic (exact) mass is 480 g/mol. The molecule has 3 aromatic rings. The van der Waals surface area contributed by atoms with Gasteiger partial charge in [-0.1, -0.05) is 29.5 Å². The standard InChI is InChI=1S/C17H13IN4O3S/c1-10-2-4-13(5-3-10)26-14-7-11(6-12(8-14)22(24)25)20-17(23)16-15(18)9-19-21-16/h2-9H,1H3,(H,19,21)(H,20,23). The van der Waals surface area contributed by atoms with Gasteiger partial charge in [0.2, 0.25) is 0 Å². The number of aromatic nitrogens is 2. The van der Waals surface area contributed by atoms with Gasteiger partial charge in [0, 0.05) is 27.6 Å².